The molecule has 0 spiro atoms. The van der Waals surface area contributed by atoms with Crippen molar-refractivity contribution in [1.29, 1.82) is 0 Å². The number of amides is 2. The number of benzene rings is 2. The van der Waals surface area contributed by atoms with Gasteiger partial charge in [-0.2, -0.15) is 0 Å². The maximum Gasteiger partial charge on any atom is 0.411 e. The Kier molecular flexibility index (Phi) is 6.88. The highest BCUT2D eigenvalue weighted by atomic mass is 16.5. The topological polar surface area (TPSA) is 61.9 Å². The minimum atomic E-state index is -0.498. The molecule has 6 nitrogen and oxygen atoms in total. The third-order valence-corrected chi connectivity index (χ3v) is 5.00. The molecule has 6 heteroatoms. The molecule has 1 N–H and O–H groups in total. The minimum Gasteiger partial charge on any atom is -0.450 e. The molecule has 1 aliphatic rings. The van der Waals surface area contributed by atoms with Crippen LogP contribution in [0, 0.1) is 0 Å². The maximum absolute atomic E-state index is 13.4. The summed E-state index contributed by atoms with van der Waals surface area (Å²) in [6.07, 6.45) is 2.19. The highest BCUT2D eigenvalue weighted by molar-refractivity contribution is 6.04. The first-order valence-electron chi connectivity index (χ1n) is 10.2. The van der Waals surface area contributed by atoms with Crippen molar-refractivity contribution in [3.8, 4) is 0 Å². The molecular formula is C23H29N3O3. The maximum atomic E-state index is 13.4. The second kappa shape index (κ2) is 9.56. The molecular weight excluding hydrogens is 366 g/mol. The Morgan fingerprint density at radius 1 is 1.07 bits per heavy atom. The smallest absolute Gasteiger partial charge is 0.411 e. The van der Waals surface area contributed by atoms with Gasteiger partial charge in [0.25, 0.3) is 0 Å². The number of aryl methyl sites for hydroxylation is 2. The van der Waals surface area contributed by atoms with Gasteiger partial charge in [-0.15, -0.1) is 0 Å². The normalized spacial score (nSPS) is 12.8. The van der Waals surface area contributed by atoms with Gasteiger partial charge in [-0.25, -0.2) is 4.79 Å². The first kappa shape index (κ1) is 20.9. The number of nitrogens with zero attached hydrogens (tertiary/aromatic N) is 2. The van der Waals surface area contributed by atoms with Crippen LogP contribution in [0.5, 0.6) is 0 Å². The first-order chi connectivity index (χ1) is 14.0. The molecule has 1 aliphatic heterocycles. The Labute approximate surface area is 172 Å². The lowest BCUT2D eigenvalue weighted by atomic mass is 10.0. The van der Waals surface area contributed by atoms with Crippen molar-refractivity contribution in [3.63, 3.8) is 0 Å². The number of ether oxygens (including phenoxy) is 1. The Balaban J connectivity index is 2.00. The van der Waals surface area contributed by atoms with E-state index in [1.165, 1.54) is 0 Å². The zero-order chi connectivity index (χ0) is 20.8. The lowest BCUT2D eigenvalue weighted by Crippen LogP contribution is -2.37. The standard InChI is InChI=1S/C23H29N3O3/c1-4-14-25(3)16-22(27)26-20-9-7-6-8-17(20)10-11-18-12-13-19(15-21(18)26)24-23(28)29-5-2/h6-9,12-13,15H,4-5,10-11,14,16H2,1-3H3,(H,24,28). The van der Waals surface area contributed by atoms with Crippen LogP contribution in [0.1, 0.15) is 31.4 Å². The van der Waals surface area contributed by atoms with Crippen molar-refractivity contribution < 1.29 is 14.3 Å². The van der Waals surface area contributed by atoms with E-state index < -0.39 is 6.09 Å². The highest BCUT2D eigenvalue weighted by Crippen LogP contribution is 2.37. The molecule has 29 heavy (non-hydrogen) atoms. The fraction of sp³-hybridized carbons (Fsp3) is 0.391. The highest BCUT2D eigenvalue weighted by Gasteiger charge is 2.26. The van der Waals surface area contributed by atoms with Crippen LogP contribution in [0.15, 0.2) is 42.5 Å². The van der Waals surface area contributed by atoms with E-state index in [0.29, 0.717) is 18.8 Å². The number of fused-ring (bicyclic) bond motifs is 2. The van der Waals surface area contributed by atoms with Gasteiger partial charge in [-0.05, 0) is 69.1 Å². The van der Waals surface area contributed by atoms with Gasteiger partial charge in [-0.1, -0.05) is 31.2 Å². The van der Waals surface area contributed by atoms with Gasteiger partial charge in [0.05, 0.1) is 24.5 Å². The van der Waals surface area contributed by atoms with E-state index in [0.717, 1.165) is 48.3 Å². The van der Waals surface area contributed by atoms with Crippen molar-refractivity contribution in [2.45, 2.75) is 33.1 Å². The first-order valence-corrected chi connectivity index (χ1v) is 10.2. The van der Waals surface area contributed by atoms with Crippen LogP contribution in [0.2, 0.25) is 0 Å². The lowest BCUT2D eigenvalue weighted by Gasteiger charge is -2.27. The zero-order valence-corrected chi connectivity index (χ0v) is 17.4. The molecule has 3 rings (SSSR count). The second-order valence-electron chi connectivity index (χ2n) is 7.28. The van der Waals surface area contributed by atoms with Crippen LogP contribution in [-0.4, -0.2) is 43.6 Å². The summed E-state index contributed by atoms with van der Waals surface area (Å²) in [7, 11) is 1.96. The number of anilines is 3. The molecule has 0 saturated heterocycles. The number of para-hydroxylation sites is 1. The molecule has 154 valence electrons. The van der Waals surface area contributed by atoms with Crippen LogP contribution in [-0.2, 0) is 22.4 Å². The largest absolute Gasteiger partial charge is 0.450 e. The fourth-order valence-electron chi connectivity index (χ4n) is 3.72. The molecule has 0 radical (unpaired) electrons. The van der Waals surface area contributed by atoms with E-state index in [1.54, 1.807) is 11.8 Å². The average Bonchev–Trinajstić information content (AvgIpc) is 2.84. The number of carbonyl (C=O) groups excluding carboxylic acids is 2. The molecule has 2 aromatic rings. The summed E-state index contributed by atoms with van der Waals surface area (Å²) in [6.45, 7) is 5.36. The molecule has 0 aliphatic carbocycles. The molecule has 0 fully saturated rings. The van der Waals surface area contributed by atoms with Gasteiger partial charge in [0.1, 0.15) is 0 Å². The third-order valence-electron chi connectivity index (χ3n) is 5.00. The molecule has 0 atom stereocenters. The van der Waals surface area contributed by atoms with Gasteiger partial charge >= 0.3 is 6.09 Å². The summed E-state index contributed by atoms with van der Waals surface area (Å²) in [4.78, 5) is 29.1. The van der Waals surface area contributed by atoms with Crippen molar-refractivity contribution in [2.24, 2.45) is 0 Å². The van der Waals surface area contributed by atoms with Gasteiger partial charge in [0, 0.05) is 5.69 Å². The van der Waals surface area contributed by atoms with Gasteiger partial charge in [0.2, 0.25) is 5.91 Å². The summed E-state index contributed by atoms with van der Waals surface area (Å²) >= 11 is 0. The van der Waals surface area contributed by atoms with E-state index >= 15 is 0 Å². The van der Waals surface area contributed by atoms with Gasteiger partial charge < -0.3 is 4.74 Å². The zero-order valence-electron chi connectivity index (χ0n) is 17.4. The van der Waals surface area contributed by atoms with E-state index in [1.807, 2.05) is 48.3 Å². The minimum absolute atomic E-state index is 0.0184. The van der Waals surface area contributed by atoms with E-state index in [-0.39, 0.29) is 5.91 Å². The van der Waals surface area contributed by atoms with Crippen molar-refractivity contribution in [1.82, 2.24) is 4.90 Å². The molecule has 2 amide bonds. The van der Waals surface area contributed by atoms with E-state index in [4.69, 9.17) is 4.74 Å². The predicted octanol–water partition coefficient (Wildman–Crippen LogP) is 4.36. The number of hydrogen-bond donors (Lipinski definition) is 1. The molecule has 0 unspecified atom stereocenters. The SMILES string of the molecule is CCCN(C)CC(=O)N1c2ccccc2CCc2ccc(NC(=O)OCC)cc21. The van der Waals surface area contributed by atoms with Crippen molar-refractivity contribution in [2.75, 3.05) is 37.0 Å². The Morgan fingerprint density at radius 2 is 1.79 bits per heavy atom. The van der Waals surface area contributed by atoms with Crippen LogP contribution in [0.4, 0.5) is 21.9 Å². The van der Waals surface area contributed by atoms with E-state index in [9.17, 15) is 9.59 Å². The number of likely N-dealkylation sites (N-methyl/N-ethyl adjacent to an activating group) is 1. The molecule has 0 aromatic heterocycles. The molecule has 2 aromatic carbocycles. The lowest BCUT2D eigenvalue weighted by molar-refractivity contribution is -0.118. The number of hydrogen-bond acceptors (Lipinski definition) is 4. The molecule has 1 heterocycles. The van der Waals surface area contributed by atoms with Crippen LogP contribution in [0.3, 0.4) is 0 Å². The molecule has 0 bridgehead atoms. The summed E-state index contributed by atoms with van der Waals surface area (Å²) in [5.74, 6) is 0.0184. The van der Waals surface area contributed by atoms with Gasteiger partial charge in [0.15, 0.2) is 0 Å². The third kappa shape index (κ3) is 4.95. The van der Waals surface area contributed by atoms with Crippen LogP contribution in [0.25, 0.3) is 0 Å². The summed E-state index contributed by atoms with van der Waals surface area (Å²) < 4.78 is 4.99. The van der Waals surface area contributed by atoms with Crippen LogP contribution >= 0.6 is 0 Å². The van der Waals surface area contributed by atoms with E-state index in [2.05, 4.69) is 18.3 Å². The quantitative estimate of drug-likeness (QED) is 0.789. The Morgan fingerprint density at radius 3 is 2.52 bits per heavy atom. The van der Waals surface area contributed by atoms with Crippen molar-refractivity contribution >= 4 is 29.1 Å². The van der Waals surface area contributed by atoms with Gasteiger partial charge in [-0.3, -0.25) is 19.9 Å². The summed E-state index contributed by atoms with van der Waals surface area (Å²) in [6, 6.07) is 13.8. The Bertz CT molecular complexity index is 881. The number of rotatable bonds is 6. The monoisotopic (exact) mass is 395 g/mol. The average molecular weight is 396 g/mol. The second-order valence-corrected chi connectivity index (χ2v) is 7.28. The number of carbonyl (C=O) groups is 2. The Hall–Kier alpha value is -2.86. The fourth-order valence-corrected chi connectivity index (χ4v) is 3.72. The van der Waals surface area contributed by atoms with Crippen LogP contribution < -0.4 is 10.2 Å². The van der Waals surface area contributed by atoms with Crippen molar-refractivity contribution in [3.05, 3.63) is 53.6 Å². The summed E-state index contributed by atoms with van der Waals surface area (Å²) in [5, 5.41) is 2.75. The predicted molar refractivity (Wildman–Crippen MR) is 116 cm³/mol. The molecule has 0 saturated carbocycles. The summed E-state index contributed by atoms with van der Waals surface area (Å²) in [5.41, 5.74) is 4.58. The number of nitrogens with one attached hydrogen (secondary N) is 1.